The van der Waals surface area contributed by atoms with E-state index in [0.29, 0.717) is 36.2 Å². The summed E-state index contributed by atoms with van der Waals surface area (Å²) < 4.78 is 11.9. The molecule has 1 N–H and O–H groups in total. The van der Waals surface area contributed by atoms with Gasteiger partial charge in [0.05, 0.1) is 18.9 Å². The maximum Gasteiger partial charge on any atom is 0.248 e. The Morgan fingerprint density at radius 3 is 2.68 bits per heavy atom. The molecule has 0 spiro atoms. The molecule has 0 aliphatic heterocycles. The molecule has 1 amide bonds. The Hall–Kier alpha value is -2.94. The van der Waals surface area contributed by atoms with Crippen LogP contribution in [0.3, 0.4) is 0 Å². The van der Waals surface area contributed by atoms with E-state index in [-0.39, 0.29) is 12.5 Å². The van der Waals surface area contributed by atoms with E-state index in [1.165, 1.54) is 4.80 Å². The highest BCUT2D eigenvalue weighted by Gasteiger charge is 2.14. The lowest BCUT2D eigenvalue weighted by Gasteiger charge is -2.13. The number of anilines is 1. The van der Waals surface area contributed by atoms with E-state index >= 15 is 0 Å². The smallest absolute Gasteiger partial charge is 0.248 e. The molecule has 3 aromatic rings. The van der Waals surface area contributed by atoms with Crippen LogP contribution in [0, 0.1) is 0 Å². The van der Waals surface area contributed by atoms with Crippen molar-refractivity contribution in [1.29, 1.82) is 0 Å². The molecule has 1 aromatic heterocycles. The summed E-state index contributed by atoms with van der Waals surface area (Å²) in [5, 5.41) is 15.1. The zero-order chi connectivity index (χ0) is 19.9. The summed E-state index contributed by atoms with van der Waals surface area (Å²) in [5.41, 5.74) is 1.33. The molecule has 0 fully saturated rings. The topological polar surface area (TPSA) is 91.2 Å². The second kappa shape index (κ2) is 9.32. The predicted molar refractivity (Wildman–Crippen MR) is 108 cm³/mol. The molecule has 0 atom stereocenters. The van der Waals surface area contributed by atoms with Crippen molar-refractivity contribution in [1.82, 2.24) is 20.2 Å². The third-order valence-electron chi connectivity index (χ3n) is 3.69. The van der Waals surface area contributed by atoms with E-state index in [1.54, 1.807) is 18.2 Å². The second-order valence-corrected chi connectivity index (χ2v) is 6.55. The van der Waals surface area contributed by atoms with Gasteiger partial charge in [-0.3, -0.25) is 4.79 Å². The minimum absolute atomic E-state index is 0.0815. The Kier molecular flexibility index (Phi) is 6.59. The molecule has 146 valence electrons. The lowest BCUT2D eigenvalue weighted by molar-refractivity contribution is -0.117. The molecule has 0 saturated heterocycles. The monoisotopic (exact) mass is 445 g/mol. The van der Waals surface area contributed by atoms with Crippen molar-refractivity contribution in [3.8, 4) is 22.9 Å². The van der Waals surface area contributed by atoms with Gasteiger partial charge < -0.3 is 14.8 Å². The number of tetrazole rings is 1. The summed E-state index contributed by atoms with van der Waals surface area (Å²) in [7, 11) is 0. The second-order valence-electron chi connectivity index (χ2n) is 5.70. The first kappa shape index (κ1) is 19.8. The van der Waals surface area contributed by atoms with Crippen molar-refractivity contribution in [2.75, 3.05) is 18.5 Å². The number of amides is 1. The van der Waals surface area contributed by atoms with Gasteiger partial charge in [0.2, 0.25) is 11.7 Å². The van der Waals surface area contributed by atoms with Gasteiger partial charge in [0.1, 0.15) is 18.0 Å². The fourth-order valence-corrected chi connectivity index (χ4v) is 2.99. The molecule has 8 nitrogen and oxygen atoms in total. The molecule has 0 aliphatic carbocycles. The molecule has 3 rings (SSSR count). The molecule has 2 aromatic carbocycles. The highest BCUT2D eigenvalue weighted by molar-refractivity contribution is 9.10. The van der Waals surface area contributed by atoms with Crippen LogP contribution in [0.2, 0.25) is 0 Å². The summed E-state index contributed by atoms with van der Waals surface area (Å²) in [4.78, 5) is 13.7. The minimum atomic E-state index is -0.300. The van der Waals surface area contributed by atoms with Crippen molar-refractivity contribution >= 4 is 27.5 Å². The summed E-state index contributed by atoms with van der Waals surface area (Å²) in [5.74, 6) is 1.36. The summed E-state index contributed by atoms with van der Waals surface area (Å²) in [6, 6.07) is 12.8. The third kappa shape index (κ3) is 4.86. The number of nitrogens with one attached hydrogen (secondary N) is 1. The fourth-order valence-electron chi connectivity index (χ4n) is 2.52. The maximum atomic E-state index is 12.5. The van der Waals surface area contributed by atoms with Gasteiger partial charge in [0, 0.05) is 16.1 Å². The van der Waals surface area contributed by atoms with Crippen LogP contribution >= 0.6 is 15.9 Å². The van der Waals surface area contributed by atoms with Gasteiger partial charge in [-0.15, -0.1) is 10.2 Å². The number of hydrogen-bond donors (Lipinski definition) is 1. The molecule has 0 bridgehead atoms. The Morgan fingerprint density at radius 2 is 1.93 bits per heavy atom. The van der Waals surface area contributed by atoms with Crippen molar-refractivity contribution in [2.45, 2.75) is 20.4 Å². The number of hydrogen-bond acceptors (Lipinski definition) is 6. The number of ether oxygens (including phenoxy) is 2. The first-order chi connectivity index (χ1) is 13.6. The molecule has 9 heteroatoms. The number of carbonyl (C=O) groups excluding carboxylic acids is 1. The normalized spacial score (nSPS) is 10.5. The van der Waals surface area contributed by atoms with Gasteiger partial charge in [-0.05, 0) is 43.3 Å². The summed E-state index contributed by atoms with van der Waals surface area (Å²) >= 11 is 3.46. The average molecular weight is 446 g/mol. The van der Waals surface area contributed by atoms with Crippen molar-refractivity contribution in [2.24, 2.45) is 0 Å². The van der Waals surface area contributed by atoms with Crippen LogP contribution in [0.15, 0.2) is 46.9 Å². The molecule has 0 unspecified atom stereocenters. The van der Waals surface area contributed by atoms with E-state index in [2.05, 4.69) is 36.7 Å². The van der Waals surface area contributed by atoms with Crippen LogP contribution < -0.4 is 14.8 Å². The average Bonchev–Trinajstić information content (AvgIpc) is 3.12. The van der Waals surface area contributed by atoms with Crippen molar-refractivity contribution in [3.05, 3.63) is 46.9 Å². The van der Waals surface area contributed by atoms with Crippen LogP contribution in [0.5, 0.6) is 11.5 Å². The fraction of sp³-hybridized carbons (Fsp3) is 0.263. The standard InChI is InChI=1S/C19H20BrN5O3/c1-3-27-13-9-10-17(28-4-2)16(11-13)21-18(26)12-25-23-19(22-24-25)14-7-5-6-8-15(14)20/h5-11H,3-4,12H2,1-2H3,(H,21,26). The van der Waals surface area contributed by atoms with Gasteiger partial charge >= 0.3 is 0 Å². The van der Waals surface area contributed by atoms with Crippen molar-refractivity contribution in [3.63, 3.8) is 0 Å². The first-order valence-electron chi connectivity index (χ1n) is 8.83. The van der Waals surface area contributed by atoms with Crippen LogP contribution in [-0.4, -0.2) is 39.3 Å². The quantitative estimate of drug-likeness (QED) is 0.569. The summed E-state index contributed by atoms with van der Waals surface area (Å²) in [6.07, 6.45) is 0. The number of halogens is 1. The minimum Gasteiger partial charge on any atom is -0.494 e. The van der Waals surface area contributed by atoms with Gasteiger partial charge in [-0.1, -0.05) is 28.1 Å². The maximum absolute atomic E-state index is 12.5. The zero-order valence-electron chi connectivity index (χ0n) is 15.6. The molecule has 28 heavy (non-hydrogen) atoms. The van der Waals surface area contributed by atoms with Crippen molar-refractivity contribution < 1.29 is 14.3 Å². The largest absolute Gasteiger partial charge is 0.494 e. The highest BCUT2D eigenvalue weighted by atomic mass is 79.9. The number of rotatable bonds is 8. The molecule has 1 heterocycles. The van der Waals surface area contributed by atoms with E-state index in [0.717, 1.165) is 10.0 Å². The van der Waals surface area contributed by atoms with E-state index in [4.69, 9.17) is 9.47 Å². The number of carbonyl (C=O) groups is 1. The molecule has 0 saturated carbocycles. The molecule has 0 aliphatic rings. The Balaban J connectivity index is 1.72. The van der Waals surface area contributed by atoms with E-state index < -0.39 is 0 Å². The van der Waals surface area contributed by atoms with Gasteiger partial charge in [0.25, 0.3) is 0 Å². The van der Waals surface area contributed by atoms with Gasteiger partial charge in [0.15, 0.2) is 0 Å². The SMILES string of the molecule is CCOc1ccc(OCC)c(NC(=O)Cn2nnc(-c3ccccc3Br)n2)c1. The van der Waals surface area contributed by atoms with E-state index in [9.17, 15) is 4.79 Å². The molecular formula is C19H20BrN5O3. The van der Waals surface area contributed by atoms with Crippen LogP contribution in [0.4, 0.5) is 5.69 Å². The number of nitrogens with zero attached hydrogens (tertiary/aromatic N) is 4. The van der Waals surface area contributed by atoms with Crippen LogP contribution in [0.1, 0.15) is 13.8 Å². The van der Waals surface area contributed by atoms with Crippen LogP contribution in [-0.2, 0) is 11.3 Å². The van der Waals surface area contributed by atoms with Crippen LogP contribution in [0.25, 0.3) is 11.4 Å². The number of aromatic nitrogens is 4. The Bertz CT molecular complexity index is 960. The Morgan fingerprint density at radius 1 is 1.14 bits per heavy atom. The van der Waals surface area contributed by atoms with Gasteiger partial charge in [-0.25, -0.2) is 0 Å². The predicted octanol–water partition coefficient (Wildman–Crippen LogP) is 3.54. The molecule has 0 radical (unpaired) electrons. The highest BCUT2D eigenvalue weighted by Crippen LogP contribution is 2.29. The lowest BCUT2D eigenvalue weighted by atomic mass is 10.2. The third-order valence-corrected chi connectivity index (χ3v) is 4.38. The summed E-state index contributed by atoms with van der Waals surface area (Å²) in [6.45, 7) is 4.71. The lowest BCUT2D eigenvalue weighted by Crippen LogP contribution is -2.21. The van der Waals surface area contributed by atoms with E-state index in [1.807, 2.05) is 38.1 Å². The van der Waals surface area contributed by atoms with Gasteiger partial charge in [-0.2, -0.15) is 4.80 Å². The first-order valence-corrected chi connectivity index (χ1v) is 9.62. The number of benzene rings is 2. The zero-order valence-corrected chi connectivity index (χ0v) is 17.1. The Labute approximate surface area is 171 Å². The molecular weight excluding hydrogens is 426 g/mol.